The van der Waals surface area contributed by atoms with Gasteiger partial charge >= 0.3 is 0 Å². The Morgan fingerprint density at radius 1 is 1.46 bits per heavy atom. The second-order valence-electron chi connectivity index (χ2n) is 6.49. The summed E-state index contributed by atoms with van der Waals surface area (Å²) in [6.45, 7) is 5.43. The summed E-state index contributed by atoms with van der Waals surface area (Å²) >= 11 is 0. The number of aliphatic hydroxyl groups excluding tert-OH is 2. The minimum Gasteiger partial charge on any atom is -0.465 e. The van der Waals surface area contributed by atoms with Gasteiger partial charge in [0.1, 0.15) is 11.9 Å². The fourth-order valence-corrected chi connectivity index (χ4v) is 2.63. The molecule has 0 saturated heterocycles. The average Bonchev–Trinajstić information content (AvgIpc) is 2.51. The van der Waals surface area contributed by atoms with Crippen LogP contribution in [0.1, 0.15) is 27.2 Å². The van der Waals surface area contributed by atoms with Crippen molar-refractivity contribution in [2.75, 3.05) is 6.61 Å². The second kappa shape index (κ2) is 7.30. The van der Waals surface area contributed by atoms with Crippen molar-refractivity contribution < 1.29 is 24.9 Å². The molecule has 3 N–H and O–H groups in total. The van der Waals surface area contributed by atoms with Gasteiger partial charge < -0.3 is 20.1 Å². The van der Waals surface area contributed by atoms with Crippen LogP contribution in [0, 0.1) is 5.92 Å². The first-order valence-corrected chi connectivity index (χ1v) is 7.98. The monoisotopic (exact) mass is 332 g/mol. The number of rotatable bonds is 5. The topological polar surface area (TPSA) is 87.0 Å². The molecule has 0 aromatic heterocycles. The third-order valence-electron chi connectivity index (χ3n) is 4.21. The number of ketones is 1. The fraction of sp³-hybridized carbons (Fsp3) is 0.421. The highest BCUT2D eigenvalue weighted by molar-refractivity contribution is 6.01. The first-order chi connectivity index (χ1) is 11.3. The van der Waals surface area contributed by atoms with Crippen LogP contribution >= 0.6 is 0 Å². The van der Waals surface area contributed by atoms with E-state index in [9.17, 15) is 15.0 Å². The summed E-state index contributed by atoms with van der Waals surface area (Å²) in [6, 6.07) is 0. The van der Waals surface area contributed by atoms with Crippen LogP contribution in [-0.2, 0) is 9.53 Å². The third-order valence-corrected chi connectivity index (χ3v) is 4.21. The van der Waals surface area contributed by atoms with E-state index in [1.165, 1.54) is 19.3 Å². The molecule has 1 aliphatic heterocycles. The van der Waals surface area contributed by atoms with E-state index in [4.69, 9.17) is 9.84 Å². The predicted octanol–water partition coefficient (Wildman–Crippen LogP) is 1.93. The van der Waals surface area contributed by atoms with Crippen LogP contribution in [0.2, 0.25) is 0 Å². The summed E-state index contributed by atoms with van der Waals surface area (Å²) in [7, 11) is 0. The van der Waals surface area contributed by atoms with Crippen LogP contribution in [-0.4, -0.2) is 39.4 Å². The van der Waals surface area contributed by atoms with Gasteiger partial charge in [-0.05, 0) is 50.0 Å². The van der Waals surface area contributed by atoms with Crippen LogP contribution in [0.25, 0.3) is 0 Å². The summed E-state index contributed by atoms with van der Waals surface area (Å²) in [5.74, 6) is 0.287. The van der Waals surface area contributed by atoms with E-state index in [1.54, 1.807) is 12.2 Å². The van der Waals surface area contributed by atoms with E-state index in [-0.39, 0.29) is 12.5 Å². The lowest BCUT2D eigenvalue weighted by atomic mass is 9.79. The summed E-state index contributed by atoms with van der Waals surface area (Å²) in [4.78, 5) is 11.9. The largest absolute Gasteiger partial charge is 0.465 e. The maximum absolute atomic E-state index is 11.9. The molecule has 2 rings (SSSR count). The summed E-state index contributed by atoms with van der Waals surface area (Å²) < 4.78 is 5.47. The zero-order chi connectivity index (χ0) is 17.9. The van der Waals surface area contributed by atoms with Gasteiger partial charge in [0.2, 0.25) is 0 Å². The van der Waals surface area contributed by atoms with Crippen LogP contribution in [0.15, 0.2) is 59.1 Å². The highest BCUT2D eigenvalue weighted by atomic mass is 16.5. The highest BCUT2D eigenvalue weighted by Gasteiger charge is 2.44. The molecule has 0 spiro atoms. The Kier molecular flexibility index (Phi) is 5.59. The number of fused-ring (bicyclic) bond motifs is 1. The number of carbonyl (C=O) groups excluding carboxylic acids is 1. The Morgan fingerprint density at radius 3 is 2.83 bits per heavy atom. The van der Waals surface area contributed by atoms with E-state index < -0.39 is 17.5 Å². The predicted molar refractivity (Wildman–Crippen MR) is 90.7 cm³/mol. The molecule has 0 aromatic carbocycles. The van der Waals surface area contributed by atoms with Gasteiger partial charge in [0.05, 0.1) is 6.26 Å². The zero-order valence-electron chi connectivity index (χ0n) is 14.2. The van der Waals surface area contributed by atoms with Crippen LogP contribution in [0.4, 0.5) is 0 Å². The van der Waals surface area contributed by atoms with Gasteiger partial charge in [-0.3, -0.25) is 4.79 Å². The molecule has 0 amide bonds. The Balaban J connectivity index is 2.15. The number of aliphatic hydroxyl groups is 3. The quantitative estimate of drug-likeness (QED) is 0.670. The van der Waals surface area contributed by atoms with Gasteiger partial charge in [-0.15, -0.1) is 0 Å². The number of allylic oxidation sites excluding steroid dienone is 5. The molecule has 0 saturated carbocycles. The van der Waals surface area contributed by atoms with E-state index in [0.29, 0.717) is 23.3 Å². The van der Waals surface area contributed by atoms with E-state index in [0.717, 1.165) is 5.57 Å². The molecular formula is C19H24O5. The van der Waals surface area contributed by atoms with Crippen molar-refractivity contribution in [3.63, 3.8) is 0 Å². The van der Waals surface area contributed by atoms with Crippen LogP contribution < -0.4 is 0 Å². The molecule has 2 aliphatic rings. The molecule has 0 aromatic rings. The van der Waals surface area contributed by atoms with Crippen LogP contribution in [0.3, 0.4) is 0 Å². The molecule has 5 nitrogen and oxygen atoms in total. The van der Waals surface area contributed by atoms with Crippen molar-refractivity contribution in [1.29, 1.82) is 0 Å². The highest BCUT2D eigenvalue weighted by Crippen LogP contribution is 2.34. The maximum Gasteiger partial charge on any atom is 0.190 e. The molecule has 0 fully saturated rings. The van der Waals surface area contributed by atoms with E-state index in [1.807, 2.05) is 19.9 Å². The van der Waals surface area contributed by atoms with E-state index in [2.05, 4.69) is 6.08 Å². The molecule has 3 atom stereocenters. The zero-order valence-corrected chi connectivity index (χ0v) is 14.2. The first kappa shape index (κ1) is 18.4. The van der Waals surface area contributed by atoms with Crippen molar-refractivity contribution in [1.82, 2.24) is 0 Å². The number of carbonyl (C=O) groups is 1. The van der Waals surface area contributed by atoms with Gasteiger partial charge in [-0.1, -0.05) is 24.6 Å². The molecule has 0 bridgehead atoms. The van der Waals surface area contributed by atoms with E-state index >= 15 is 0 Å². The van der Waals surface area contributed by atoms with Gasteiger partial charge in [0.15, 0.2) is 11.4 Å². The van der Waals surface area contributed by atoms with Gasteiger partial charge in [-0.2, -0.15) is 0 Å². The van der Waals surface area contributed by atoms with Gasteiger partial charge in [0, 0.05) is 12.2 Å². The summed E-state index contributed by atoms with van der Waals surface area (Å²) in [6.07, 6.45) is 9.46. The smallest absolute Gasteiger partial charge is 0.190 e. The first-order valence-electron chi connectivity index (χ1n) is 7.98. The van der Waals surface area contributed by atoms with Gasteiger partial charge in [0.25, 0.3) is 0 Å². The Morgan fingerprint density at radius 2 is 2.17 bits per heavy atom. The normalized spacial score (nSPS) is 28.8. The Hall–Kier alpha value is -1.95. The standard InChI is InChI=1S/C19H24O5/c1-12(8-13(2)6-7-20)4-5-15-9-14-10-17(21)19(3,23)18(22)16(14)11-24-15/h4-5,8-11,13,18,20,22-23H,6-7H2,1-3H3/b5-4+,12-8+/t13-,18-,19-/m1/s1. The lowest BCUT2D eigenvalue weighted by Crippen LogP contribution is -2.50. The molecule has 5 heteroatoms. The molecule has 130 valence electrons. The van der Waals surface area contributed by atoms with Crippen molar-refractivity contribution in [2.45, 2.75) is 38.9 Å². The number of hydrogen-bond acceptors (Lipinski definition) is 5. The van der Waals surface area contributed by atoms with Crippen molar-refractivity contribution >= 4 is 5.78 Å². The molecule has 0 radical (unpaired) electrons. The molecule has 24 heavy (non-hydrogen) atoms. The lowest BCUT2D eigenvalue weighted by Gasteiger charge is -2.34. The third kappa shape index (κ3) is 3.93. The van der Waals surface area contributed by atoms with Crippen molar-refractivity contribution in [2.24, 2.45) is 5.92 Å². The average molecular weight is 332 g/mol. The maximum atomic E-state index is 11.9. The fourth-order valence-electron chi connectivity index (χ4n) is 2.63. The Bertz CT molecular complexity index is 661. The van der Waals surface area contributed by atoms with Crippen molar-refractivity contribution in [3.05, 3.63) is 59.1 Å². The minimum absolute atomic E-state index is 0.158. The molecular weight excluding hydrogens is 308 g/mol. The molecule has 0 unspecified atom stereocenters. The SMILES string of the molecule is CC(/C=C/C1=CC2=CC(=O)[C@@](C)(O)[C@H](O)C2=CO1)=C\[C@H](C)CCO. The van der Waals surface area contributed by atoms with Crippen LogP contribution in [0.5, 0.6) is 0 Å². The van der Waals surface area contributed by atoms with Crippen molar-refractivity contribution in [3.8, 4) is 0 Å². The minimum atomic E-state index is -1.83. The molecule has 1 heterocycles. The van der Waals surface area contributed by atoms with Gasteiger partial charge in [-0.25, -0.2) is 0 Å². The Labute approximate surface area is 142 Å². The second-order valence-corrected chi connectivity index (χ2v) is 6.49. The number of ether oxygens (including phenoxy) is 1. The summed E-state index contributed by atoms with van der Waals surface area (Å²) in [5.41, 5.74) is 0.134. The molecule has 1 aliphatic carbocycles. The summed E-state index contributed by atoms with van der Waals surface area (Å²) in [5, 5.41) is 29.1. The lowest BCUT2D eigenvalue weighted by molar-refractivity contribution is -0.140. The number of hydrogen-bond donors (Lipinski definition) is 3.